The summed E-state index contributed by atoms with van der Waals surface area (Å²) in [5.74, 6) is -0.512. The van der Waals surface area contributed by atoms with E-state index in [-0.39, 0.29) is 17.4 Å². The number of rotatable bonds is 4. The van der Waals surface area contributed by atoms with Crippen LogP contribution in [0.4, 0.5) is 0 Å². The Bertz CT molecular complexity index is 683. The van der Waals surface area contributed by atoms with E-state index in [0.29, 0.717) is 10.8 Å². The molecule has 2 aromatic rings. The van der Waals surface area contributed by atoms with Crippen LogP contribution in [-0.2, 0) is 9.59 Å². The van der Waals surface area contributed by atoms with E-state index in [1.807, 2.05) is 6.26 Å². The third-order valence-electron chi connectivity index (χ3n) is 2.28. The van der Waals surface area contributed by atoms with Crippen LogP contribution in [0.5, 0.6) is 11.5 Å². The van der Waals surface area contributed by atoms with Gasteiger partial charge in [0.25, 0.3) is 5.22 Å². The van der Waals surface area contributed by atoms with E-state index in [4.69, 9.17) is 13.9 Å². The Kier molecular flexibility index (Phi) is 4.59. The van der Waals surface area contributed by atoms with Gasteiger partial charge in [-0.2, -0.15) is 0 Å². The zero-order valence-corrected chi connectivity index (χ0v) is 12.4. The minimum absolute atomic E-state index is 0.110. The fraction of sp³-hybridized carbons (Fsp3) is 0.231. The lowest BCUT2D eigenvalue weighted by atomic mass is 10.2. The maximum absolute atomic E-state index is 11.1. The van der Waals surface area contributed by atoms with Crippen molar-refractivity contribution < 1.29 is 23.5 Å². The summed E-state index contributed by atoms with van der Waals surface area (Å²) in [4.78, 5) is 22.2. The van der Waals surface area contributed by atoms with Crippen LogP contribution < -0.4 is 9.47 Å². The molecular weight excluding hydrogens is 296 g/mol. The summed E-state index contributed by atoms with van der Waals surface area (Å²) < 4.78 is 15.4. The normalized spacial score (nSPS) is 10.2. The van der Waals surface area contributed by atoms with E-state index >= 15 is 0 Å². The maximum atomic E-state index is 11.1. The number of aromatic nitrogens is 2. The number of hydrogen-bond acceptors (Lipinski definition) is 8. The molecule has 1 aromatic heterocycles. The van der Waals surface area contributed by atoms with Crippen molar-refractivity contribution in [1.29, 1.82) is 0 Å². The molecule has 0 atom stereocenters. The molecular formula is C13H12N2O5S. The van der Waals surface area contributed by atoms with Gasteiger partial charge in [-0.25, -0.2) is 0 Å². The molecule has 0 radical (unpaired) electrons. The molecule has 0 aliphatic heterocycles. The van der Waals surface area contributed by atoms with Gasteiger partial charge in [0, 0.05) is 19.4 Å². The van der Waals surface area contributed by atoms with Crippen molar-refractivity contribution in [2.45, 2.75) is 19.1 Å². The van der Waals surface area contributed by atoms with Crippen LogP contribution >= 0.6 is 11.8 Å². The van der Waals surface area contributed by atoms with E-state index in [0.717, 1.165) is 0 Å². The van der Waals surface area contributed by atoms with Crippen molar-refractivity contribution in [2.24, 2.45) is 0 Å². The minimum Gasteiger partial charge on any atom is -0.423 e. The van der Waals surface area contributed by atoms with Gasteiger partial charge in [-0.15, -0.1) is 10.2 Å². The summed E-state index contributed by atoms with van der Waals surface area (Å²) in [6, 6.07) is 4.62. The van der Waals surface area contributed by atoms with Crippen LogP contribution in [0.15, 0.2) is 27.8 Å². The zero-order valence-electron chi connectivity index (χ0n) is 11.6. The quantitative estimate of drug-likeness (QED) is 0.482. The van der Waals surface area contributed by atoms with Gasteiger partial charge in [0.2, 0.25) is 5.89 Å². The number of benzene rings is 1. The van der Waals surface area contributed by atoms with E-state index in [1.54, 1.807) is 6.07 Å². The fourth-order valence-electron chi connectivity index (χ4n) is 1.52. The van der Waals surface area contributed by atoms with Gasteiger partial charge in [0.15, 0.2) is 11.5 Å². The van der Waals surface area contributed by atoms with Crippen molar-refractivity contribution in [3.05, 3.63) is 18.2 Å². The molecule has 8 heteroatoms. The summed E-state index contributed by atoms with van der Waals surface area (Å²) in [5.41, 5.74) is 0.551. The van der Waals surface area contributed by atoms with Gasteiger partial charge in [0.1, 0.15) is 0 Å². The topological polar surface area (TPSA) is 91.5 Å². The van der Waals surface area contributed by atoms with Crippen molar-refractivity contribution >= 4 is 23.7 Å². The first-order valence-electron chi connectivity index (χ1n) is 5.88. The summed E-state index contributed by atoms with van der Waals surface area (Å²) in [6.45, 7) is 2.51. The Morgan fingerprint density at radius 3 is 2.33 bits per heavy atom. The second kappa shape index (κ2) is 6.40. The van der Waals surface area contributed by atoms with Crippen molar-refractivity contribution in [2.75, 3.05) is 6.26 Å². The summed E-state index contributed by atoms with van der Waals surface area (Å²) >= 11 is 1.32. The smallest absolute Gasteiger partial charge is 0.308 e. The highest BCUT2D eigenvalue weighted by molar-refractivity contribution is 7.98. The molecule has 0 unspecified atom stereocenters. The standard InChI is InChI=1S/C13H12N2O5S/c1-7(16)18-10-5-4-9(6-11(10)19-8(2)17)12-14-15-13(20-12)21-3/h4-6H,1-3H3. The summed E-state index contributed by atoms with van der Waals surface area (Å²) in [5, 5.41) is 8.13. The first kappa shape index (κ1) is 15.0. The number of carbonyl (C=O) groups is 2. The lowest BCUT2D eigenvalue weighted by molar-refractivity contribution is -0.134. The third-order valence-corrected chi connectivity index (χ3v) is 2.79. The lowest BCUT2D eigenvalue weighted by Crippen LogP contribution is -2.07. The number of nitrogens with zero attached hydrogens (tertiary/aromatic N) is 2. The zero-order chi connectivity index (χ0) is 15.4. The molecule has 0 bridgehead atoms. The van der Waals surface area contributed by atoms with Gasteiger partial charge >= 0.3 is 11.9 Å². The Labute approximate surface area is 124 Å². The molecule has 0 saturated carbocycles. The Morgan fingerprint density at radius 2 is 1.76 bits per heavy atom. The van der Waals surface area contributed by atoms with E-state index in [1.165, 1.54) is 37.7 Å². The maximum Gasteiger partial charge on any atom is 0.308 e. The van der Waals surface area contributed by atoms with Crippen LogP contribution in [0.2, 0.25) is 0 Å². The number of ether oxygens (including phenoxy) is 2. The van der Waals surface area contributed by atoms with Crippen LogP contribution in [0.1, 0.15) is 13.8 Å². The van der Waals surface area contributed by atoms with Crippen LogP contribution in [0.25, 0.3) is 11.5 Å². The number of hydrogen-bond donors (Lipinski definition) is 0. The van der Waals surface area contributed by atoms with Crippen molar-refractivity contribution in [3.63, 3.8) is 0 Å². The average Bonchev–Trinajstić information content (AvgIpc) is 2.88. The molecule has 21 heavy (non-hydrogen) atoms. The number of carbonyl (C=O) groups excluding carboxylic acids is 2. The lowest BCUT2D eigenvalue weighted by Gasteiger charge is -2.09. The predicted molar refractivity (Wildman–Crippen MR) is 74.1 cm³/mol. The molecule has 2 rings (SSSR count). The Balaban J connectivity index is 2.39. The van der Waals surface area contributed by atoms with E-state index in [9.17, 15) is 9.59 Å². The molecule has 0 fully saturated rings. The Morgan fingerprint density at radius 1 is 1.10 bits per heavy atom. The van der Waals surface area contributed by atoms with Gasteiger partial charge in [-0.1, -0.05) is 11.8 Å². The molecule has 0 N–H and O–H groups in total. The molecule has 110 valence electrons. The highest BCUT2D eigenvalue weighted by Crippen LogP contribution is 2.33. The second-order valence-electron chi connectivity index (χ2n) is 3.93. The van der Waals surface area contributed by atoms with E-state index < -0.39 is 11.9 Å². The molecule has 0 aliphatic rings. The first-order chi connectivity index (χ1) is 9.99. The van der Waals surface area contributed by atoms with Crippen molar-refractivity contribution in [1.82, 2.24) is 10.2 Å². The molecule has 1 aromatic carbocycles. The largest absolute Gasteiger partial charge is 0.423 e. The third kappa shape index (κ3) is 3.82. The Hall–Kier alpha value is -2.35. The van der Waals surface area contributed by atoms with Crippen LogP contribution in [0, 0.1) is 0 Å². The van der Waals surface area contributed by atoms with E-state index in [2.05, 4.69) is 10.2 Å². The van der Waals surface area contributed by atoms with Crippen LogP contribution in [0.3, 0.4) is 0 Å². The minimum atomic E-state index is -0.532. The summed E-state index contributed by atoms with van der Waals surface area (Å²) in [7, 11) is 0. The number of esters is 2. The molecule has 7 nitrogen and oxygen atoms in total. The second-order valence-corrected chi connectivity index (χ2v) is 4.68. The molecule has 1 heterocycles. The van der Waals surface area contributed by atoms with Gasteiger partial charge in [-0.3, -0.25) is 9.59 Å². The SMILES string of the molecule is CSc1nnc(-c2ccc(OC(C)=O)c(OC(C)=O)c2)o1. The fourth-order valence-corrected chi connectivity index (χ4v) is 1.81. The molecule has 0 saturated heterocycles. The van der Waals surface area contributed by atoms with Crippen LogP contribution in [-0.4, -0.2) is 28.4 Å². The van der Waals surface area contributed by atoms with Crippen molar-refractivity contribution in [3.8, 4) is 23.0 Å². The average molecular weight is 308 g/mol. The van der Waals surface area contributed by atoms with Gasteiger partial charge in [0.05, 0.1) is 0 Å². The highest BCUT2D eigenvalue weighted by atomic mass is 32.2. The molecule has 0 spiro atoms. The number of thioether (sulfide) groups is 1. The predicted octanol–water partition coefficient (Wildman–Crippen LogP) is 2.31. The monoisotopic (exact) mass is 308 g/mol. The molecule has 0 aliphatic carbocycles. The summed E-state index contributed by atoms with van der Waals surface area (Å²) in [6.07, 6.45) is 1.81. The highest BCUT2D eigenvalue weighted by Gasteiger charge is 2.15. The van der Waals surface area contributed by atoms with Gasteiger partial charge in [-0.05, 0) is 24.5 Å². The first-order valence-corrected chi connectivity index (χ1v) is 7.11. The molecule has 0 amide bonds. The van der Waals surface area contributed by atoms with Gasteiger partial charge < -0.3 is 13.9 Å².